The largest absolute Gasteiger partial charge is 0.454 e. The molecule has 1 aliphatic heterocycles. The van der Waals surface area contributed by atoms with E-state index in [2.05, 4.69) is 15.3 Å². The second-order valence-electron chi connectivity index (χ2n) is 7.53. The number of allylic oxidation sites excluding steroid dienone is 2. The van der Waals surface area contributed by atoms with Crippen molar-refractivity contribution in [2.24, 2.45) is 5.92 Å². The van der Waals surface area contributed by atoms with E-state index in [0.29, 0.717) is 47.6 Å². The molecule has 0 spiro atoms. The summed E-state index contributed by atoms with van der Waals surface area (Å²) in [5.74, 6) is 1.44. The fourth-order valence-electron chi connectivity index (χ4n) is 4.06. The van der Waals surface area contributed by atoms with Crippen LogP contribution >= 0.6 is 0 Å². The smallest absolute Gasteiger partial charge is 0.258 e. The van der Waals surface area contributed by atoms with Gasteiger partial charge in [-0.1, -0.05) is 30.4 Å². The number of fused-ring (bicyclic) bond motifs is 2. The molecule has 2 aliphatic rings. The molecule has 2 N–H and O–H groups in total. The summed E-state index contributed by atoms with van der Waals surface area (Å²) in [6.07, 6.45) is 5.32. The van der Waals surface area contributed by atoms with E-state index in [0.717, 1.165) is 5.56 Å². The van der Waals surface area contributed by atoms with E-state index in [1.165, 1.54) is 0 Å². The molecule has 30 heavy (non-hydrogen) atoms. The molecule has 2 unspecified atom stereocenters. The minimum absolute atomic E-state index is 0.0576. The summed E-state index contributed by atoms with van der Waals surface area (Å²) in [7, 11) is 0. The lowest BCUT2D eigenvalue weighted by Gasteiger charge is -2.27. The number of carbonyl (C=O) groups excluding carboxylic acids is 1. The molecule has 1 aliphatic carbocycles. The molecule has 152 valence electrons. The third-order valence-electron chi connectivity index (χ3n) is 5.66. The van der Waals surface area contributed by atoms with Crippen molar-refractivity contribution in [2.45, 2.75) is 25.3 Å². The molecule has 0 saturated heterocycles. The molecule has 7 heteroatoms. The average molecular weight is 403 g/mol. The molecule has 3 aromatic rings. The number of carbonyl (C=O) groups is 1. The number of hydrogen-bond acceptors (Lipinski definition) is 5. The van der Waals surface area contributed by atoms with E-state index < -0.39 is 0 Å². The van der Waals surface area contributed by atoms with Crippen LogP contribution in [0, 0.1) is 5.92 Å². The van der Waals surface area contributed by atoms with Crippen LogP contribution in [0.5, 0.6) is 11.5 Å². The van der Waals surface area contributed by atoms with E-state index in [-0.39, 0.29) is 30.1 Å². The number of nitrogens with one attached hydrogen (secondary N) is 2. The maximum absolute atomic E-state index is 13.0. The summed E-state index contributed by atoms with van der Waals surface area (Å²) in [6, 6.07) is 12.9. The molecular formula is C23H21N3O4. The van der Waals surface area contributed by atoms with Gasteiger partial charge in [0.25, 0.3) is 5.56 Å². The second kappa shape index (κ2) is 7.67. The van der Waals surface area contributed by atoms with E-state index in [1.54, 1.807) is 6.07 Å². The van der Waals surface area contributed by atoms with Crippen LogP contribution in [0.15, 0.2) is 59.4 Å². The van der Waals surface area contributed by atoms with Crippen LogP contribution in [0.2, 0.25) is 0 Å². The van der Waals surface area contributed by atoms with Gasteiger partial charge in [-0.2, -0.15) is 0 Å². The number of para-hydroxylation sites is 1. The molecule has 0 fully saturated rings. The van der Waals surface area contributed by atoms with Crippen molar-refractivity contribution in [1.82, 2.24) is 15.3 Å². The average Bonchev–Trinajstić information content (AvgIpc) is 3.25. The summed E-state index contributed by atoms with van der Waals surface area (Å²) in [4.78, 5) is 33.0. The first-order chi connectivity index (χ1) is 14.7. The van der Waals surface area contributed by atoms with Crippen LogP contribution in [-0.2, 0) is 11.3 Å². The molecule has 0 bridgehead atoms. The lowest BCUT2D eigenvalue weighted by Crippen LogP contribution is -2.35. The summed E-state index contributed by atoms with van der Waals surface area (Å²) in [5.41, 5.74) is 1.41. The fourth-order valence-corrected chi connectivity index (χ4v) is 4.06. The van der Waals surface area contributed by atoms with Gasteiger partial charge in [0, 0.05) is 12.5 Å². The van der Waals surface area contributed by atoms with Crippen molar-refractivity contribution >= 4 is 16.8 Å². The Morgan fingerprint density at radius 3 is 2.87 bits per heavy atom. The topological polar surface area (TPSA) is 93.3 Å². The Balaban J connectivity index is 1.35. The highest BCUT2D eigenvalue weighted by Crippen LogP contribution is 2.34. The Morgan fingerprint density at radius 1 is 1.10 bits per heavy atom. The van der Waals surface area contributed by atoms with Gasteiger partial charge in [0.2, 0.25) is 12.7 Å². The number of aromatic nitrogens is 2. The van der Waals surface area contributed by atoms with Gasteiger partial charge < -0.3 is 19.8 Å². The van der Waals surface area contributed by atoms with Crippen molar-refractivity contribution in [3.63, 3.8) is 0 Å². The SMILES string of the molecule is O=C(NCc1ccc2c(c1)OCO2)C1CC=CCC1c1nc2ccccc2c(=O)[nH]1. The quantitative estimate of drug-likeness (QED) is 0.653. The lowest BCUT2D eigenvalue weighted by molar-refractivity contribution is -0.126. The first-order valence-electron chi connectivity index (χ1n) is 9.99. The van der Waals surface area contributed by atoms with Crippen LogP contribution in [0.25, 0.3) is 10.9 Å². The molecule has 0 radical (unpaired) electrons. The number of amides is 1. The van der Waals surface area contributed by atoms with Gasteiger partial charge in [-0.3, -0.25) is 9.59 Å². The van der Waals surface area contributed by atoms with Crippen LogP contribution < -0.4 is 20.3 Å². The number of hydrogen-bond donors (Lipinski definition) is 2. The predicted molar refractivity (Wildman–Crippen MR) is 111 cm³/mol. The van der Waals surface area contributed by atoms with Gasteiger partial charge >= 0.3 is 0 Å². The molecule has 5 rings (SSSR count). The van der Waals surface area contributed by atoms with Crippen molar-refractivity contribution in [1.29, 1.82) is 0 Å². The highest BCUT2D eigenvalue weighted by atomic mass is 16.7. The Bertz CT molecular complexity index is 1200. The normalized spacial score (nSPS) is 19.7. The number of benzene rings is 2. The number of ether oxygens (including phenoxy) is 2. The Morgan fingerprint density at radius 2 is 1.93 bits per heavy atom. The summed E-state index contributed by atoms with van der Waals surface area (Å²) < 4.78 is 10.7. The Hall–Kier alpha value is -3.61. The Labute approximate surface area is 172 Å². The van der Waals surface area contributed by atoms with E-state index in [4.69, 9.17) is 9.47 Å². The second-order valence-corrected chi connectivity index (χ2v) is 7.53. The van der Waals surface area contributed by atoms with Crippen molar-refractivity contribution in [3.05, 3.63) is 76.4 Å². The van der Waals surface area contributed by atoms with Crippen LogP contribution in [0.1, 0.15) is 30.1 Å². The van der Waals surface area contributed by atoms with E-state index in [9.17, 15) is 9.59 Å². The highest BCUT2D eigenvalue weighted by Gasteiger charge is 2.32. The van der Waals surface area contributed by atoms with E-state index >= 15 is 0 Å². The molecule has 7 nitrogen and oxygen atoms in total. The van der Waals surface area contributed by atoms with Crippen LogP contribution in [0.4, 0.5) is 0 Å². The minimum atomic E-state index is -0.298. The molecule has 2 aromatic carbocycles. The zero-order valence-corrected chi connectivity index (χ0v) is 16.3. The summed E-state index contributed by atoms with van der Waals surface area (Å²) in [5, 5.41) is 3.57. The molecule has 1 aromatic heterocycles. The van der Waals surface area contributed by atoms with Gasteiger partial charge in [0.05, 0.1) is 16.8 Å². The van der Waals surface area contributed by atoms with Gasteiger partial charge in [0.15, 0.2) is 11.5 Å². The summed E-state index contributed by atoms with van der Waals surface area (Å²) in [6.45, 7) is 0.613. The minimum Gasteiger partial charge on any atom is -0.454 e. The van der Waals surface area contributed by atoms with Crippen molar-refractivity contribution in [2.75, 3.05) is 6.79 Å². The zero-order valence-electron chi connectivity index (χ0n) is 16.3. The van der Waals surface area contributed by atoms with Crippen LogP contribution in [-0.4, -0.2) is 22.7 Å². The maximum Gasteiger partial charge on any atom is 0.258 e. The molecule has 2 atom stereocenters. The predicted octanol–water partition coefficient (Wildman–Crippen LogP) is 3.02. The first kappa shape index (κ1) is 18.4. The molecule has 2 heterocycles. The van der Waals surface area contributed by atoms with Crippen LogP contribution in [0.3, 0.4) is 0 Å². The van der Waals surface area contributed by atoms with E-state index in [1.807, 2.05) is 48.6 Å². The number of nitrogens with zero attached hydrogens (tertiary/aromatic N) is 1. The Kier molecular flexibility index (Phi) is 4.71. The lowest BCUT2D eigenvalue weighted by atomic mass is 9.81. The van der Waals surface area contributed by atoms with Gasteiger partial charge in [-0.15, -0.1) is 0 Å². The standard InChI is InChI=1S/C23H21N3O4/c27-22(24-12-14-9-10-19-20(11-14)30-13-29-19)16-6-2-1-5-15(16)21-25-18-8-4-3-7-17(18)23(28)26-21/h1-4,7-11,15-16H,5-6,12-13H2,(H,24,27)(H,25,26,28). The van der Waals surface area contributed by atoms with Gasteiger partial charge in [-0.25, -0.2) is 4.98 Å². The molecule has 0 saturated carbocycles. The first-order valence-corrected chi connectivity index (χ1v) is 9.99. The highest BCUT2D eigenvalue weighted by molar-refractivity contribution is 5.80. The summed E-state index contributed by atoms with van der Waals surface area (Å²) >= 11 is 0. The molecule has 1 amide bonds. The number of aromatic amines is 1. The fraction of sp³-hybridized carbons (Fsp3) is 0.261. The number of H-pyrrole nitrogens is 1. The monoisotopic (exact) mass is 403 g/mol. The van der Waals surface area contributed by atoms with Gasteiger partial charge in [-0.05, 0) is 42.7 Å². The van der Waals surface area contributed by atoms with Crippen molar-refractivity contribution in [3.8, 4) is 11.5 Å². The number of rotatable bonds is 4. The zero-order chi connectivity index (χ0) is 20.5. The third kappa shape index (κ3) is 3.43. The third-order valence-corrected chi connectivity index (χ3v) is 5.66. The molecular weight excluding hydrogens is 382 g/mol. The van der Waals surface area contributed by atoms with Gasteiger partial charge in [0.1, 0.15) is 5.82 Å². The van der Waals surface area contributed by atoms with Crippen molar-refractivity contribution < 1.29 is 14.3 Å². The maximum atomic E-state index is 13.0.